The highest BCUT2D eigenvalue weighted by Crippen LogP contribution is 2.50. The van der Waals surface area contributed by atoms with E-state index in [9.17, 15) is 86.7 Å². The summed E-state index contributed by atoms with van der Waals surface area (Å²) >= 11 is 0.359. The molecule has 5 aliphatic rings. The van der Waals surface area contributed by atoms with Crippen molar-refractivity contribution in [3.8, 4) is 23.3 Å². The Kier molecular flexibility index (Phi) is 26.1. The Morgan fingerprint density at radius 3 is 1.53 bits per heavy atom. The molecule has 31 heteroatoms. The average Bonchev–Trinajstić information content (AvgIpc) is 0.935. The Morgan fingerprint density at radius 2 is 1.08 bits per heavy atom. The second-order valence-corrected chi connectivity index (χ2v) is 30.4. The molecule has 602 valence electrons. The summed E-state index contributed by atoms with van der Waals surface area (Å²) in [6.45, 7) is 6.95. The van der Waals surface area contributed by atoms with Gasteiger partial charge in [-0.3, -0.25) is 38.7 Å². The Bertz CT molecular complexity index is 4430. The topological polar surface area (TPSA) is 236 Å². The molecule has 0 unspecified atom stereocenters. The van der Waals surface area contributed by atoms with Gasteiger partial charge in [0, 0.05) is 93.3 Å². The minimum atomic E-state index is -4.92. The minimum absolute atomic E-state index is 0.0110. The molecule has 11 rings (SSSR count). The van der Waals surface area contributed by atoms with Gasteiger partial charge >= 0.3 is 24.7 Å². The van der Waals surface area contributed by atoms with Crippen LogP contribution in [0, 0.1) is 16.7 Å². The summed E-state index contributed by atoms with van der Waals surface area (Å²) in [6, 6.07) is 22.7. The van der Waals surface area contributed by atoms with Gasteiger partial charge < -0.3 is 44.3 Å². The molecule has 18 nitrogen and oxygen atoms in total. The van der Waals surface area contributed by atoms with Crippen LogP contribution in [0.2, 0.25) is 0 Å². The van der Waals surface area contributed by atoms with E-state index in [0.29, 0.717) is 66.9 Å². The number of nitrogens with two attached hydrogens (primary N) is 1. The van der Waals surface area contributed by atoms with Crippen molar-refractivity contribution in [1.29, 1.82) is 5.26 Å². The normalized spacial score (nSPS) is 21.1. The highest BCUT2D eigenvalue weighted by Gasteiger charge is 2.60. The molecule has 1 saturated carbocycles. The number of thiophene rings is 1. The molecule has 3 aromatic carbocycles. The van der Waals surface area contributed by atoms with Gasteiger partial charge in [0.25, 0.3) is 23.6 Å². The predicted octanol–water partition coefficient (Wildman–Crippen LogP) is 16.3. The number of carbonyl (C=O) groups excluding carboxylic acids is 7. The lowest BCUT2D eigenvalue weighted by atomic mass is 9.64. The molecule has 112 heavy (non-hydrogen) atoms. The molecule has 4 saturated heterocycles. The van der Waals surface area contributed by atoms with E-state index in [1.807, 2.05) is 12.1 Å². The van der Waals surface area contributed by atoms with Crippen LogP contribution in [0.3, 0.4) is 0 Å². The fourth-order valence-corrected chi connectivity index (χ4v) is 17.3. The first-order chi connectivity index (χ1) is 52.9. The summed E-state index contributed by atoms with van der Waals surface area (Å²) in [6.07, 6.45) is -10.7. The third-order valence-corrected chi connectivity index (χ3v) is 23.6. The number of benzene rings is 3. The molecule has 0 bridgehead atoms. The van der Waals surface area contributed by atoms with Crippen molar-refractivity contribution in [2.45, 2.75) is 209 Å². The Balaban J connectivity index is 0.000000239. The number of halogens is 12. The zero-order chi connectivity index (χ0) is 81.4. The molecule has 0 radical (unpaired) electrons. The van der Waals surface area contributed by atoms with Gasteiger partial charge in [-0.1, -0.05) is 75.6 Å². The lowest BCUT2D eigenvalue weighted by molar-refractivity contribution is -0.161. The molecule has 6 aromatic rings. The number of nitriles is 1. The van der Waals surface area contributed by atoms with E-state index in [0.717, 1.165) is 102 Å². The van der Waals surface area contributed by atoms with Crippen molar-refractivity contribution in [2.75, 3.05) is 45.9 Å². The van der Waals surface area contributed by atoms with Crippen LogP contribution in [0.25, 0.3) is 0 Å². The second kappa shape index (κ2) is 34.4. The summed E-state index contributed by atoms with van der Waals surface area (Å²) in [5, 5.41) is 11.8. The largest absolute Gasteiger partial charge is 0.493 e. The molecule has 5 fully saturated rings. The Morgan fingerprint density at radius 1 is 0.580 bits per heavy atom. The number of amides is 5. The van der Waals surface area contributed by atoms with E-state index in [4.69, 9.17) is 19.9 Å². The predicted molar refractivity (Wildman–Crippen MR) is 387 cm³/mol. The standard InChI is InChI=1S/C44H48F6N4O5.C37H40F6N4O5S/c1-3-10-36-42(59-32-16-14-31(15-17-32)43(45,46)47,21-8-25-54(36)38(56)37-34(44(48,49)50)12-6-24-52-37)39(57)53-26-22-41(29-51,23-27-53)33-11-4-5-13-35(33)58-28-9-20-40(30(2)55)18-7-19-40;1-3-8-28-35(52-25-21-29(53-22-25)37(41,42)43,14-7-18-47(28)31(49)30-27(36(38,39)40)11-6-17-45-30)33(51)46-19-15-34(16-20-46,32(44)50)26-10-5-4-9-24(26)13-12-23(2)48/h4-6,11-17,24,36H,3,7-10,18-23,25-28H2,1-2H3;4-6,9-11,17,21-22,28H,3,7-8,12-16,18-20H2,1-2H3,(H2,44,50)/t36-,42+;28-,35+/m11/s1. The summed E-state index contributed by atoms with van der Waals surface area (Å²) in [7, 11) is 0. The summed E-state index contributed by atoms with van der Waals surface area (Å²) in [5.74, 6) is -3.71. The first-order valence-corrected chi connectivity index (χ1v) is 38.3. The lowest BCUT2D eigenvalue weighted by Gasteiger charge is -2.51. The first kappa shape index (κ1) is 84.8. The molecule has 2 N–H and O–H groups in total. The monoisotopic (exact) mass is 1590 g/mol. The zero-order valence-electron chi connectivity index (χ0n) is 62.3. The fraction of sp³-hybridized carbons (Fsp3) is 0.506. The van der Waals surface area contributed by atoms with Gasteiger partial charge in [0.2, 0.25) is 17.1 Å². The van der Waals surface area contributed by atoms with Crippen molar-refractivity contribution in [2.24, 2.45) is 11.1 Å². The van der Waals surface area contributed by atoms with Gasteiger partial charge in [-0.2, -0.15) is 57.9 Å². The molecule has 0 spiro atoms. The maximum atomic E-state index is 15.1. The van der Waals surface area contributed by atoms with Crippen LogP contribution in [0.15, 0.2) is 121 Å². The number of para-hydroxylation sites is 1. The lowest BCUT2D eigenvalue weighted by Crippen LogP contribution is -2.69. The van der Waals surface area contributed by atoms with Crippen molar-refractivity contribution in [1.82, 2.24) is 29.6 Å². The van der Waals surface area contributed by atoms with Crippen LogP contribution in [0.5, 0.6) is 17.2 Å². The van der Waals surface area contributed by atoms with Crippen molar-refractivity contribution in [3.63, 3.8) is 0 Å². The number of alkyl halides is 12. The first-order valence-electron chi connectivity index (χ1n) is 37.4. The van der Waals surface area contributed by atoms with E-state index < -0.39 is 121 Å². The van der Waals surface area contributed by atoms with Crippen molar-refractivity contribution >= 4 is 52.4 Å². The number of nitrogens with zero attached hydrogens (tertiary/aromatic N) is 7. The number of primary amides is 1. The van der Waals surface area contributed by atoms with Gasteiger partial charge in [0.15, 0.2) is 0 Å². The smallest absolute Gasteiger partial charge is 0.425 e. The zero-order valence-corrected chi connectivity index (χ0v) is 63.1. The number of piperidine rings is 4. The van der Waals surface area contributed by atoms with E-state index in [1.54, 1.807) is 57.2 Å². The number of rotatable bonds is 24. The minimum Gasteiger partial charge on any atom is -0.493 e. The molecule has 7 heterocycles. The number of ketones is 2. The third-order valence-electron chi connectivity index (χ3n) is 22.7. The molecular formula is C81H88F12N8O10S. The van der Waals surface area contributed by atoms with Gasteiger partial charge in [0.05, 0.1) is 52.3 Å². The number of aromatic nitrogens is 2. The molecular weight excluding hydrogens is 1500 g/mol. The quantitative estimate of drug-likeness (QED) is 0.0439. The Hall–Kier alpha value is -9.60. The second-order valence-electron chi connectivity index (χ2n) is 29.5. The van der Waals surface area contributed by atoms with Crippen LogP contribution in [0.1, 0.15) is 203 Å². The van der Waals surface area contributed by atoms with Gasteiger partial charge in [-0.15, -0.1) is 11.3 Å². The summed E-state index contributed by atoms with van der Waals surface area (Å²) in [4.78, 5) is 107. The number of likely N-dealkylation sites (tertiary alicyclic amines) is 4. The third kappa shape index (κ3) is 17.9. The van der Waals surface area contributed by atoms with Crippen LogP contribution in [0.4, 0.5) is 52.7 Å². The van der Waals surface area contributed by atoms with Gasteiger partial charge in [-0.25, -0.2) is 0 Å². The number of pyridine rings is 2. The molecule has 1 aliphatic carbocycles. The van der Waals surface area contributed by atoms with E-state index in [1.165, 1.54) is 21.6 Å². The maximum absolute atomic E-state index is 15.1. The maximum Gasteiger partial charge on any atom is 0.425 e. The Labute approximate surface area is 644 Å². The van der Waals surface area contributed by atoms with Crippen molar-refractivity contribution < 1.29 is 100 Å². The number of carbonyl (C=O) groups is 7. The molecule has 4 aliphatic heterocycles. The molecule has 5 amide bonds. The van der Waals surface area contributed by atoms with E-state index in [-0.39, 0.29) is 138 Å². The highest BCUT2D eigenvalue weighted by atomic mass is 32.1. The SMILES string of the molecule is CCC[C@H]1N(C(=O)c2ncccc2C(F)(F)F)CCC[C@@]1(Oc1ccc(C(F)(F)F)cc1)C(=O)N1CCC(C#N)(c2ccccc2OCCCC2(C(C)=O)CCC2)CC1.CCC[C@H]1N(C(=O)c2ncccc2C(F)(F)F)CCC[C@@]1(Oc1csc(C(F)(F)F)c1)C(=O)N1CCC(C(N)=O)(c2ccccc2CCC(C)=O)CC1. The summed E-state index contributed by atoms with van der Waals surface area (Å²) in [5.41, 5.74) is -3.53. The number of ether oxygens (including phenoxy) is 3. The van der Waals surface area contributed by atoms with E-state index >= 15 is 4.79 Å². The van der Waals surface area contributed by atoms with Crippen LogP contribution in [-0.2, 0) is 65.9 Å². The van der Waals surface area contributed by atoms with Crippen molar-refractivity contribution in [3.05, 3.63) is 171 Å². The van der Waals surface area contributed by atoms with Crippen LogP contribution >= 0.6 is 11.3 Å². The number of hydrogen-bond donors (Lipinski definition) is 1. The van der Waals surface area contributed by atoms with Gasteiger partial charge in [0.1, 0.15) is 45.1 Å². The number of aryl methyl sites for hydroxylation is 1. The molecule has 3 aromatic heterocycles. The molecule has 4 atom stereocenters. The van der Waals surface area contributed by atoms with Crippen LogP contribution < -0.4 is 19.9 Å². The van der Waals surface area contributed by atoms with Crippen LogP contribution in [-0.4, -0.2) is 140 Å². The fourth-order valence-electron chi connectivity index (χ4n) is 16.6. The number of Topliss-reactive ketones (excluding diaryl/α,β-unsaturated/α-hetero) is 2. The highest BCUT2D eigenvalue weighted by molar-refractivity contribution is 7.10. The summed E-state index contributed by atoms with van der Waals surface area (Å²) < 4.78 is 185. The average molecular weight is 1590 g/mol. The van der Waals surface area contributed by atoms with E-state index in [2.05, 4.69) is 16.0 Å². The van der Waals surface area contributed by atoms with Gasteiger partial charge in [-0.05, 0) is 163 Å². The number of hydrogen-bond acceptors (Lipinski definition) is 14.